The monoisotopic (exact) mass is 391 g/mol. The highest BCUT2D eigenvalue weighted by Gasteiger charge is 2.16. The first-order valence-corrected chi connectivity index (χ1v) is 8.28. The molecule has 0 saturated heterocycles. The van der Waals surface area contributed by atoms with Crippen LogP contribution in [0.4, 0.5) is 0 Å². The zero-order chi connectivity index (χ0) is 20.7. The summed E-state index contributed by atoms with van der Waals surface area (Å²) in [5.74, 6) is 2.85. The third-order valence-electron chi connectivity index (χ3n) is 4.09. The third kappa shape index (κ3) is 4.17. The molecule has 0 amide bonds. The van der Waals surface area contributed by atoms with Crippen LogP contribution in [0.25, 0.3) is 11.8 Å². The second kappa shape index (κ2) is 9.61. The number of rotatable bonds is 9. The Labute approximate surface area is 164 Å². The minimum absolute atomic E-state index is 0.397. The highest BCUT2D eigenvalue weighted by Crippen LogP contribution is 2.41. The molecule has 0 heterocycles. The van der Waals surface area contributed by atoms with Crippen molar-refractivity contribution in [1.29, 1.82) is 0 Å². The summed E-state index contributed by atoms with van der Waals surface area (Å²) in [6.07, 6.45) is 1.71. The smallest absolute Gasteiger partial charge is 0.203 e. The molecule has 0 aliphatic heterocycles. The van der Waals surface area contributed by atoms with Gasteiger partial charge in [-0.3, -0.25) is 10.7 Å². The van der Waals surface area contributed by atoms with Crippen LogP contribution in [0.3, 0.4) is 0 Å². The molecule has 0 bridgehead atoms. The maximum absolute atomic E-state index is 9.73. The van der Waals surface area contributed by atoms with Crippen LogP contribution in [0.2, 0.25) is 0 Å². The van der Waals surface area contributed by atoms with Crippen LogP contribution in [-0.2, 0) is 0 Å². The summed E-state index contributed by atoms with van der Waals surface area (Å²) in [6.45, 7) is 0. The lowest BCUT2D eigenvalue weighted by molar-refractivity contribution is 0.225. The average molecular weight is 391 g/mol. The van der Waals surface area contributed by atoms with Gasteiger partial charge in [0.2, 0.25) is 11.5 Å². The summed E-state index contributed by atoms with van der Waals surface area (Å²) in [7, 11) is 9.18. The van der Waals surface area contributed by atoms with Crippen molar-refractivity contribution in [2.75, 3.05) is 42.7 Å². The van der Waals surface area contributed by atoms with Gasteiger partial charge in [0.1, 0.15) is 0 Å². The molecule has 0 saturated carbocycles. The van der Waals surface area contributed by atoms with E-state index >= 15 is 0 Å². The zero-order valence-electron chi connectivity index (χ0n) is 16.8. The van der Waals surface area contributed by atoms with Gasteiger partial charge >= 0.3 is 0 Å². The van der Waals surface area contributed by atoms with Crippen LogP contribution in [0.15, 0.2) is 24.3 Å². The first-order chi connectivity index (χ1) is 13.6. The second-order valence-electron chi connectivity index (χ2n) is 5.54. The number of hydrogen-bond acceptors (Lipinski definition) is 8. The van der Waals surface area contributed by atoms with E-state index in [1.54, 1.807) is 30.3 Å². The summed E-state index contributed by atoms with van der Waals surface area (Å²) in [6, 6.07) is 6.95. The minimum atomic E-state index is 0.397. The molecule has 2 aromatic carbocycles. The van der Waals surface area contributed by atoms with Gasteiger partial charge in [0.05, 0.1) is 48.4 Å². The van der Waals surface area contributed by atoms with Crippen molar-refractivity contribution in [3.8, 4) is 34.5 Å². The standard InChI is InChI=1S/C20H25NO7/c1-23-15-8-12(9-16(24-2)19(15)27-5)7-14(21-22)13-10-17(25-3)20(28-6)18(11-13)26-4/h7-11,21-22H,1-6H3/b14-7-. The second-order valence-corrected chi connectivity index (χ2v) is 5.54. The molecule has 0 unspecified atom stereocenters. The average Bonchev–Trinajstić information content (AvgIpc) is 2.75. The predicted octanol–water partition coefficient (Wildman–Crippen LogP) is 3.22. The molecule has 0 aliphatic rings. The Morgan fingerprint density at radius 3 is 1.39 bits per heavy atom. The Bertz CT molecular complexity index is 798. The Morgan fingerprint density at radius 2 is 1.07 bits per heavy atom. The van der Waals surface area contributed by atoms with Gasteiger partial charge in [0.15, 0.2) is 23.0 Å². The van der Waals surface area contributed by atoms with E-state index in [0.29, 0.717) is 51.3 Å². The van der Waals surface area contributed by atoms with Crippen LogP contribution in [0, 0.1) is 0 Å². The Hall–Kier alpha value is -3.26. The molecule has 0 aromatic heterocycles. The molecule has 0 radical (unpaired) electrons. The quantitative estimate of drug-likeness (QED) is 0.498. The van der Waals surface area contributed by atoms with E-state index in [2.05, 4.69) is 5.48 Å². The highest BCUT2D eigenvalue weighted by molar-refractivity contribution is 5.83. The molecule has 28 heavy (non-hydrogen) atoms. The lowest BCUT2D eigenvalue weighted by Crippen LogP contribution is -2.07. The van der Waals surface area contributed by atoms with Crippen LogP contribution < -0.4 is 33.9 Å². The topological polar surface area (TPSA) is 87.6 Å². The van der Waals surface area contributed by atoms with Crippen molar-refractivity contribution in [2.45, 2.75) is 0 Å². The van der Waals surface area contributed by atoms with E-state index in [1.165, 1.54) is 42.7 Å². The SMILES string of the molecule is COc1cc(/C=C(\NO)c2cc(OC)c(OC)c(OC)c2)cc(OC)c1OC. The highest BCUT2D eigenvalue weighted by atomic mass is 16.5. The molecule has 2 rings (SSSR count). The number of ether oxygens (including phenoxy) is 6. The number of nitrogens with one attached hydrogen (secondary N) is 1. The first-order valence-electron chi connectivity index (χ1n) is 8.28. The molecule has 8 heteroatoms. The van der Waals surface area contributed by atoms with E-state index in [4.69, 9.17) is 28.4 Å². The van der Waals surface area contributed by atoms with E-state index in [1.807, 2.05) is 0 Å². The zero-order valence-corrected chi connectivity index (χ0v) is 16.8. The third-order valence-corrected chi connectivity index (χ3v) is 4.09. The maximum Gasteiger partial charge on any atom is 0.203 e. The van der Waals surface area contributed by atoms with Crippen molar-refractivity contribution in [2.24, 2.45) is 0 Å². The van der Waals surface area contributed by atoms with Gasteiger partial charge in [-0.05, 0) is 35.9 Å². The van der Waals surface area contributed by atoms with E-state index < -0.39 is 0 Å². The van der Waals surface area contributed by atoms with Crippen molar-refractivity contribution in [3.63, 3.8) is 0 Å². The number of hydroxylamine groups is 1. The van der Waals surface area contributed by atoms with Gasteiger partial charge in [-0.1, -0.05) is 0 Å². The van der Waals surface area contributed by atoms with Crippen LogP contribution in [-0.4, -0.2) is 47.9 Å². The molecule has 2 N–H and O–H groups in total. The lowest BCUT2D eigenvalue weighted by atomic mass is 10.1. The molecule has 2 aromatic rings. The number of methoxy groups -OCH3 is 6. The van der Waals surface area contributed by atoms with Gasteiger partial charge in [-0.2, -0.15) is 0 Å². The number of hydrogen-bond donors (Lipinski definition) is 2. The largest absolute Gasteiger partial charge is 0.493 e. The van der Waals surface area contributed by atoms with Crippen LogP contribution in [0.5, 0.6) is 34.5 Å². The van der Waals surface area contributed by atoms with Crippen molar-refractivity contribution in [3.05, 3.63) is 35.4 Å². The molecule has 152 valence electrons. The van der Waals surface area contributed by atoms with Crippen molar-refractivity contribution in [1.82, 2.24) is 5.48 Å². The van der Waals surface area contributed by atoms with Gasteiger partial charge < -0.3 is 28.4 Å². The summed E-state index contributed by atoms with van der Waals surface area (Å²) in [5.41, 5.74) is 3.93. The Balaban J connectivity index is 2.61. The first kappa shape index (κ1) is 21.0. The van der Waals surface area contributed by atoms with Gasteiger partial charge in [-0.25, -0.2) is 0 Å². The summed E-state index contributed by atoms with van der Waals surface area (Å²) in [4.78, 5) is 0. The van der Waals surface area contributed by atoms with E-state index in [-0.39, 0.29) is 0 Å². The molecule has 0 atom stereocenters. The van der Waals surface area contributed by atoms with Gasteiger partial charge in [0.25, 0.3) is 0 Å². The fourth-order valence-corrected chi connectivity index (χ4v) is 2.77. The van der Waals surface area contributed by atoms with E-state index in [0.717, 1.165) is 0 Å². The van der Waals surface area contributed by atoms with Crippen molar-refractivity contribution < 1.29 is 33.6 Å². The van der Waals surface area contributed by atoms with Gasteiger partial charge in [0, 0.05) is 5.56 Å². The lowest BCUT2D eigenvalue weighted by Gasteiger charge is -2.16. The molecule has 0 aliphatic carbocycles. The fraction of sp³-hybridized carbons (Fsp3) is 0.300. The van der Waals surface area contributed by atoms with Crippen LogP contribution >= 0.6 is 0 Å². The summed E-state index contributed by atoms with van der Waals surface area (Å²) in [5, 5.41) is 9.73. The Morgan fingerprint density at radius 1 is 0.679 bits per heavy atom. The van der Waals surface area contributed by atoms with E-state index in [9.17, 15) is 5.21 Å². The maximum atomic E-state index is 9.73. The molecular formula is C20H25NO7. The normalized spacial score (nSPS) is 10.9. The molecule has 0 spiro atoms. The Kier molecular flexibility index (Phi) is 7.22. The van der Waals surface area contributed by atoms with Crippen LogP contribution in [0.1, 0.15) is 11.1 Å². The predicted molar refractivity (Wildman–Crippen MR) is 105 cm³/mol. The molecular weight excluding hydrogens is 366 g/mol. The molecule has 0 fully saturated rings. The molecule has 8 nitrogen and oxygen atoms in total. The van der Waals surface area contributed by atoms with Crippen molar-refractivity contribution >= 4 is 11.8 Å². The number of benzene rings is 2. The summed E-state index contributed by atoms with van der Waals surface area (Å²) >= 11 is 0. The van der Waals surface area contributed by atoms with Gasteiger partial charge in [-0.15, -0.1) is 0 Å². The minimum Gasteiger partial charge on any atom is -0.493 e. The summed E-state index contributed by atoms with van der Waals surface area (Å²) < 4.78 is 32.1. The fourth-order valence-electron chi connectivity index (χ4n) is 2.77.